The number of hydrogen-bond donors (Lipinski definition) is 2. The second-order valence-corrected chi connectivity index (χ2v) is 7.24. The molecule has 0 aromatic carbocycles. The maximum Gasteiger partial charge on any atom is 0.433 e. The SMILES string of the molecule is Cc1cc(C(F)(F)F)nc(CCNC(=O)N2CCCC3(CCNC3)C2)n1. The molecule has 2 N–H and O–H groups in total. The molecule has 0 radical (unpaired) electrons. The van der Waals surface area contributed by atoms with Gasteiger partial charge in [-0.15, -0.1) is 0 Å². The molecule has 26 heavy (non-hydrogen) atoms. The van der Waals surface area contributed by atoms with Crippen LogP contribution in [0.3, 0.4) is 0 Å². The third kappa shape index (κ3) is 4.44. The van der Waals surface area contributed by atoms with Crippen LogP contribution in [0.15, 0.2) is 6.07 Å². The van der Waals surface area contributed by atoms with Crippen LogP contribution >= 0.6 is 0 Å². The van der Waals surface area contributed by atoms with Gasteiger partial charge < -0.3 is 15.5 Å². The van der Waals surface area contributed by atoms with Gasteiger partial charge in [0.15, 0.2) is 0 Å². The number of alkyl halides is 3. The molecule has 144 valence electrons. The summed E-state index contributed by atoms with van der Waals surface area (Å²) in [6.07, 6.45) is -1.15. The van der Waals surface area contributed by atoms with Crippen molar-refractivity contribution in [3.63, 3.8) is 0 Å². The number of hydrogen-bond acceptors (Lipinski definition) is 4. The van der Waals surface area contributed by atoms with Gasteiger partial charge in [-0.3, -0.25) is 0 Å². The first-order chi connectivity index (χ1) is 12.3. The Morgan fingerprint density at radius 1 is 1.38 bits per heavy atom. The first-order valence-corrected chi connectivity index (χ1v) is 8.93. The van der Waals surface area contributed by atoms with Crippen LogP contribution in [0.1, 0.15) is 36.5 Å². The Hall–Kier alpha value is -1.90. The molecule has 2 fully saturated rings. The number of carbonyl (C=O) groups is 1. The summed E-state index contributed by atoms with van der Waals surface area (Å²) in [6, 6.07) is 0.755. The van der Waals surface area contributed by atoms with Crippen LogP contribution in [0.2, 0.25) is 0 Å². The van der Waals surface area contributed by atoms with Gasteiger partial charge in [0.1, 0.15) is 11.5 Å². The fraction of sp³-hybridized carbons (Fsp3) is 0.706. The van der Waals surface area contributed by atoms with E-state index in [2.05, 4.69) is 20.6 Å². The molecule has 1 spiro atoms. The number of halogens is 3. The van der Waals surface area contributed by atoms with E-state index < -0.39 is 11.9 Å². The lowest BCUT2D eigenvalue weighted by atomic mass is 9.79. The van der Waals surface area contributed by atoms with Gasteiger partial charge in [-0.2, -0.15) is 13.2 Å². The van der Waals surface area contributed by atoms with E-state index >= 15 is 0 Å². The van der Waals surface area contributed by atoms with Gasteiger partial charge >= 0.3 is 12.2 Å². The van der Waals surface area contributed by atoms with Crippen molar-refractivity contribution in [1.82, 2.24) is 25.5 Å². The lowest BCUT2D eigenvalue weighted by molar-refractivity contribution is -0.141. The lowest BCUT2D eigenvalue weighted by Gasteiger charge is -2.39. The molecule has 3 rings (SSSR count). The largest absolute Gasteiger partial charge is 0.433 e. The predicted octanol–water partition coefficient (Wildman–Crippen LogP) is 2.13. The van der Waals surface area contributed by atoms with Crippen LogP contribution in [-0.2, 0) is 12.6 Å². The molecule has 1 unspecified atom stereocenters. The van der Waals surface area contributed by atoms with Crippen molar-refractivity contribution in [2.75, 3.05) is 32.7 Å². The number of urea groups is 1. The molecule has 2 aliphatic heterocycles. The number of carbonyl (C=O) groups excluding carboxylic acids is 1. The molecule has 2 aliphatic rings. The summed E-state index contributed by atoms with van der Waals surface area (Å²) in [5, 5.41) is 6.15. The molecule has 3 heterocycles. The second-order valence-electron chi connectivity index (χ2n) is 7.24. The van der Waals surface area contributed by atoms with Crippen LogP contribution in [-0.4, -0.2) is 53.6 Å². The minimum atomic E-state index is -4.50. The van der Waals surface area contributed by atoms with Crippen LogP contribution in [0.25, 0.3) is 0 Å². The van der Waals surface area contributed by atoms with Gasteiger partial charge in [0.2, 0.25) is 0 Å². The number of rotatable bonds is 3. The van der Waals surface area contributed by atoms with Crippen LogP contribution < -0.4 is 10.6 Å². The number of amides is 2. The first-order valence-electron chi connectivity index (χ1n) is 8.93. The molecule has 0 aliphatic carbocycles. The molecule has 0 saturated carbocycles. The number of aromatic nitrogens is 2. The number of nitrogens with one attached hydrogen (secondary N) is 2. The summed E-state index contributed by atoms with van der Waals surface area (Å²) in [5.74, 6) is 0.0905. The Morgan fingerprint density at radius 3 is 2.88 bits per heavy atom. The maximum absolute atomic E-state index is 12.8. The normalized spacial score (nSPS) is 23.5. The molecule has 9 heteroatoms. The maximum atomic E-state index is 12.8. The van der Waals surface area contributed by atoms with Gasteiger partial charge in [-0.1, -0.05) is 0 Å². The number of likely N-dealkylation sites (tertiary alicyclic amines) is 1. The van der Waals surface area contributed by atoms with E-state index in [1.807, 2.05) is 4.90 Å². The summed E-state index contributed by atoms with van der Waals surface area (Å²) in [5.41, 5.74) is -0.505. The first kappa shape index (κ1) is 18.9. The topological polar surface area (TPSA) is 70.2 Å². The van der Waals surface area contributed by atoms with Crippen molar-refractivity contribution in [3.05, 3.63) is 23.3 Å². The molecular formula is C17H24F3N5O. The Labute approximate surface area is 150 Å². The highest BCUT2D eigenvalue weighted by atomic mass is 19.4. The van der Waals surface area contributed by atoms with Crippen molar-refractivity contribution < 1.29 is 18.0 Å². The van der Waals surface area contributed by atoms with Crippen LogP contribution in [0.5, 0.6) is 0 Å². The van der Waals surface area contributed by atoms with Crippen LogP contribution in [0.4, 0.5) is 18.0 Å². The molecule has 2 amide bonds. The minimum absolute atomic E-state index is 0.0905. The predicted molar refractivity (Wildman–Crippen MR) is 89.6 cm³/mol. The van der Waals surface area contributed by atoms with E-state index in [0.717, 1.165) is 45.0 Å². The third-order valence-electron chi connectivity index (χ3n) is 5.10. The molecule has 1 aromatic heterocycles. The van der Waals surface area contributed by atoms with Gasteiger partial charge in [0, 0.05) is 43.7 Å². The zero-order valence-corrected chi connectivity index (χ0v) is 14.8. The Balaban J connectivity index is 1.53. The van der Waals surface area contributed by atoms with Crippen molar-refractivity contribution in [2.45, 2.75) is 38.8 Å². The molecule has 2 saturated heterocycles. The molecule has 1 atom stereocenters. The van der Waals surface area contributed by atoms with Gasteiger partial charge in [-0.05, 0) is 38.8 Å². The molecule has 0 bridgehead atoms. The molecular weight excluding hydrogens is 347 g/mol. The smallest absolute Gasteiger partial charge is 0.338 e. The third-order valence-corrected chi connectivity index (χ3v) is 5.10. The monoisotopic (exact) mass is 371 g/mol. The number of piperidine rings is 1. The highest BCUT2D eigenvalue weighted by Gasteiger charge is 2.39. The molecule has 6 nitrogen and oxygen atoms in total. The Morgan fingerprint density at radius 2 is 2.19 bits per heavy atom. The summed E-state index contributed by atoms with van der Waals surface area (Å²) >= 11 is 0. The Kier molecular flexibility index (Phi) is 5.36. The number of aryl methyl sites for hydroxylation is 1. The average molecular weight is 371 g/mol. The zero-order chi connectivity index (χ0) is 18.8. The highest BCUT2D eigenvalue weighted by Crippen LogP contribution is 2.35. The summed E-state index contributed by atoms with van der Waals surface area (Å²) in [6.45, 7) is 5.08. The van der Waals surface area contributed by atoms with Gasteiger partial charge in [0.05, 0.1) is 0 Å². The van der Waals surface area contributed by atoms with Crippen molar-refractivity contribution >= 4 is 6.03 Å². The van der Waals surface area contributed by atoms with Crippen molar-refractivity contribution in [3.8, 4) is 0 Å². The minimum Gasteiger partial charge on any atom is -0.338 e. The summed E-state index contributed by atoms with van der Waals surface area (Å²) in [4.78, 5) is 21.8. The zero-order valence-electron chi connectivity index (χ0n) is 14.8. The average Bonchev–Trinajstić information content (AvgIpc) is 3.01. The Bertz CT molecular complexity index is 658. The van der Waals surface area contributed by atoms with E-state index in [1.54, 1.807) is 0 Å². The summed E-state index contributed by atoms with van der Waals surface area (Å²) in [7, 11) is 0. The van der Waals surface area contributed by atoms with Gasteiger partial charge in [-0.25, -0.2) is 14.8 Å². The fourth-order valence-corrected chi connectivity index (χ4v) is 3.81. The second kappa shape index (κ2) is 7.38. The standard InChI is InChI=1S/C17H24F3N5O/c1-12-9-13(17(18,19)20)24-14(23-12)3-6-22-15(26)25-8-2-4-16(11-25)5-7-21-10-16/h9,21H,2-8,10-11H2,1H3,(H,22,26). The van der Waals surface area contributed by atoms with E-state index in [9.17, 15) is 18.0 Å². The van der Waals surface area contributed by atoms with E-state index in [1.165, 1.54) is 6.92 Å². The highest BCUT2D eigenvalue weighted by molar-refractivity contribution is 5.74. The fourth-order valence-electron chi connectivity index (χ4n) is 3.81. The van der Waals surface area contributed by atoms with Gasteiger partial charge in [0.25, 0.3) is 0 Å². The number of nitrogens with zero attached hydrogens (tertiary/aromatic N) is 3. The van der Waals surface area contributed by atoms with Crippen molar-refractivity contribution in [2.24, 2.45) is 5.41 Å². The quantitative estimate of drug-likeness (QED) is 0.854. The summed E-state index contributed by atoms with van der Waals surface area (Å²) < 4.78 is 38.4. The molecule has 1 aromatic rings. The lowest BCUT2D eigenvalue weighted by Crippen LogP contribution is -2.50. The van der Waals surface area contributed by atoms with E-state index in [4.69, 9.17) is 0 Å². The van der Waals surface area contributed by atoms with E-state index in [0.29, 0.717) is 6.54 Å². The van der Waals surface area contributed by atoms with Crippen molar-refractivity contribution in [1.29, 1.82) is 0 Å². The van der Waals surface area contributed by atoms with E-state index in [-0.39, 0.29) is 35.9 Å². The van der Waals surface area contributed by atoms with Crippen LogP contribution in [0, 0.1) is 12.3 Å².